The van der Waals surface area contributed by atoms with E-state index in [0.717, 1.165) is 17.4 Å². The van der Waals surface area contributed by atoms with Gasteiger partial charge < -0.3 is 0 Å². The molecule has 2 nitrogen and oxygen atoms in total. The SMILES string of the molecule is CCCSCC(C)CSCCN=O. The van der Waals surface area contributed by atoms with E-state index in [1.807, 2.05) is 23.5 Å². The Morgan fingerprint density at radius 3 is 2.38 bits per heavy atom. The monoisotopic (exact) mass is 221 g/mol. The van der Waals surface area contributed by atoms with Gasteiger partial charge in [0, 0.05) is 5.75 Å². The highest BCUT2D eigenvalue weighted by Crippen LogP contribution is 2.14. The summed E-state index contributed by atoms with van der Waals surface area (Å²) < 4.78 is 0. The van der Waals surface area contributed by atoms with Crippen LogP contribution in [0.5, 0.6) is 0 Å². The van der Waals surface area contributed by atoms with Gasteiger partial charge >= 0.3 is 0 Å². The highest BCUT2D eigenvalue weighted by atomic mass is 32.2. The van der Waals surface area contributed by atoms with Crippen molar-refractivity contribution in [1.82, 2.24) is 0 Å². The van der Waals surface area contributed by atoms with Crippen LogP contribution < -0.4 is 0 Å². The average Bonchev–Trinajstić information content (AvgIpc) is 2.13. The maximum Gasteiger partial charge on any atom is 0.0901 e. The van der Waals surface area contributed by atoms with Gasteiger partial charge in [-0.3, -0.25) is 0 Å². The van der Waals surface area contributed by atoms with Crippen LogP contribution in [0.25, 0.3) is 0 Å². The third-order valence-electron chi connectivity index (χ3n) is 1.48. The van der Waals surface area contributed by atoms with E-state index in [1.54, 1.807) is 0 Å². The molecule has 0 saturated carbocycles. The molecule has 0 radical (unpaired) electrons. The first-order valence-electron chi connectivity index (χ1n) is 4.75. The summed E-state index contributed by atoms with van der Waals surface area (Å²) in [6.07, 6.45) is 1.26. The first kappa shape index (κ1) is 13.3. The Labute approximate surface area is 89.6 Å². The smallest absolute Gasteiger partial charge is 0.0901 e. The van der Waals surface area contributed by atoms with E-state index in [0.29, 0.717) is 6.54 Å². The van der Waals surface area contributed by atoms with Crippen LogP contribution >= 0.6 is 23.5 Å². The molecule has 78 valence electrons. The lowest BCUT2D eigenvalue weighted by Gasteiger charge is -2.09. The summed E-state index contributed by atoms with van der Waals surface area (Å²) in [6.45, 7) is 4.94. The van der Waals surface area contributed by atoms with Crippen LogP contribution in [0.2, 0.25) is 0 Å². The first-order chi connectivity index (χ1) is 6.31. The minimum atomic E-state index is 0.458. The predicted molar refractivity (Wildman–Crippen MR) is 64.8 cm³/mol. The average molecular weight is 221 g/mol. The van der Waals surface area contributed by atoms with E-state index in [4.69, 9.17) is 0 Å². The van der Waals surface area contributed by atoms with E-state index in [-0.39, 0.29) is 0 Å². The first-order valence-corrected chi connectivity index (χ1v) is 7.06. The minimum Gasteiger partial charge on any atom is -0.162 e. The Bertz CT molecular complexity index is 122. The lowest BCUT2D eigenvalue weighted by Crippen LogP contribution is -2.03. The molecule has 0 aromatic carbocycles. The zero-order chi connectivity index (χ0) is 9.94. The highest BCUT2D eigenvalue weighted by Gasteiger charge is 2.01. The fourth-order valence-electron chi connectivity index (χ4n) is 0.863. The van der Waals surface area contributed by atoms with Crippen molar-refractivity contribution >= 4 is 23.5 Å². The van der Waals surface area contributed by atoms with Crippen molar-refractivity contribution in [2.75, 3.05) is 29.6 Å². The van der Waals surface area contributed by atoms with E-state index in [2.05, 4.69) is 19.0 Å². The molecule has 0 fully saturated rings. The van der Waals surface area contributed by atoms with Crippen molar-refractivity contribution in [3.8, 4) is 0 Å². The molecule has 1 atom stereocenters. The van der Waals surface area contributed by atoms with Crippen molar-refractivity contribution in [2.45, 2.75) is 20.3 Å². The van der Waals surface area contributed by atoms with Crippen LogP contribution in [0.15, 0.2) is 5.18 Å². The molecule has 0 bridgehead atoms. The number of hydrogen-bond donors (Lipinski definition) is 0. The van der Waals surface area contributed by atoms with Gasteiger partial charge in [0.05, 0.1) is 6.54 Å². The molecule has 0 amide bonds. The molecule has 4 heteroatoms. The van der Waals surface area contributed by atoms with Gasteiger partial charge in [-0.25, -0.2) is 0 Å². The van der Waals surface area contributed by atoms with Gasteiger partial charge in [-0.1, -0.05) is 19.0 Å². The highest BCUT2D eigenvalue weighted by molar-refractivity contribution is 8.00. The molecule has 0 aliphatic heterocycles. The van der Waals surface area contributed by atoms with Gasteiger partial charge in [0.2, 0.25) is 0 Å². The van der Waals surface area contributed by atoms with Crippen molar-refractivity contribution < 1.29 is 0 Å². The molecule has 0 saturated heterocycles. The zero-order valence-corrected chi connectivity index (χ0v) is 10.1. The maximum atomic E-state index is 9.79. The summed E-state index contributed by atoms with van der Waals surface area (Å²) in [5.41, 5.74) is 0. The van der Waals surface area contributed by atoms with Crippen LogP contribution in [-0.2, 0) is 0 Å². The normalized spacial score (nSPS) is 12.8. The third-order valence-corrected chi connectivity index (χ3v) is 4.26. The third kappa shape index (κ3) is 10.2. The van der Waals surface area contributed by atoms with Crippen molar-refractivity contribution in [3.05, 3.63) is 4.91 Å². The predicted octanol–water partition coefficient (Wildman–Crippen LogP) is 3.27. The molecule has 13 heavy (non-hydrogen) atoms. The number of nitrogens with zero attached hydrogens (tertiary/aromatic N) is 1. The fraction of sp³-hybridized carbons (Fsp3) is 1.00. The summed E-state index contributed by atoms with van der Waals surface area (Å²) in [6, 6.07) is 0. The van der Waals surface area contributed by atoms with E-state index in [1.165, 1.54) is 17.9 Å². The van der Waals surface area contributed by atoms with Crippen molar-refractivity contribution in [1.29, 1.82) is 0 Å². The Hall–Kier alpha value is 0.300. The van der Waals surface area contributed by atoms with Crippen LogP contribution in [0, 0.1) is 10.8 Å². The number of nitroso groups, excluding NO2 is 1. The molecule has 0 rings (SSSR count). The Morgan fingerprint density at radius 1 is 1.23 bits per heavy atom. The summed E-state index contributed by atoms with van der Waals surface area (Å²) in [7, 11) is 0. The molecular weight excluding hydrogens is 202 g/mol. The van der Waals surface area contributed by atoms with Crippen LogP contribution in [0.1, 0.15) is 20.3 Å². The van der Waals surface area contributed by atoms with Gasteiger partial charge in [-0.15, -0.1) is 0 Å². The van der Waals surface area contributed by atoms with E-state index >= 15 is 0 Å². The molecular formula is C9H19NOS2. The molecule has 0 heterocycles. The van der Waals surface area contributed by atoms with Gasteiger partial charge in [-0.05, 0) is 29.6 Å². The van der Waals surface area contributed by atoms with Gasteiger partial charge in [0.25, 0.3) is 0 Å². The Kier molecular flexibility index (Phi) is 10.6. The number of rotatable bonds is 9. The van der Waals surface area contributed by atoms with Gasteiger partial charge in [-0.2, -0.15) is 28.4 Å². The quantitative estimate of drug-likeness (QED) is 0.442. The number of thioether (sulfide) groups is 2. The van der Waals surface area contributed by atoms with Crippen LogP contribution in [0.4, 0.5) is 0 Å². The van der Waals surface area contributed by atoms with Crippen molar-refractivity contribution in [2.24, 2.45) is 11.1 Å². The largest absolute Gasteiger partial charge is 0.162 e. The molecule has 1 unspecified atom stereocenters. The van der Waals surface area contributed by atoms with E-state index < -0.39 is 0 Å². The summed E-state index contributed by atoms with van der Waals surface area (Å²) in [5, 5.41) is 2.83. The minimum absolute atomic E-state index is 0.458. The zero-order valence-electron chi connectivity index (χ0n) is 8.49. The molecule has 0 aromatic heterocycles. The second-order valence-corrected chi connectivity index (χ2v) is 5.41. The fourth-order valence-corrected chi connectivity index (χ4v) is 2.88. The summed E-state index contributed by atoms with van der Waals surface area (Å²) in [5.74, 6) is 5.31. The number of hydrogen-bond acceptors (Lipinski definition) is 4. The standard InChI is InChI=1S/C9H19NOS2/c1-3-5-12-7-9(2)8-13-6-4-10-11/h9H,3-8H2,1-2H3. The molecule has 0 N–H and O–H groups in total. The topological polar surface area (TPSA) is 29.4 Å². The molecule has 0 aromatic rings. The lowest BCUT2D eigenvalue weighted by atomic mass is 10.3. The molecule has 0 aliphatic carbocycles. The van der Waals surface area contributed by atoms with Crippen LogP contribution in [-0.4, -0.2) is 29.6 Å². The maximum absolute atomic E-state index is 9.79. The van der Waals surface area contributed by atoms with E-state index in [9.17, 15) is 4.91 Å². The lowest BCUT2D eigenvalue weighted by molar-refractivity contribution is 0.763. The molecule has 0 spiro atoms. The van der Waals surface area contributed by atoms with Gasteiger partial charge in [0.1, 0.15) is 0 Å². The van der Waals surface area contributed by atoms with Crippen molar-refractivity contribution in [3.63, 3.8) is 0 Å². The second kappa shape index (κ2) is 10.4. The van der Waals surface area contributed by atoms with Gasteiger partial charge in [0.15, 0.2) is 0 Å². The second-order valence-electron chi connectivity index (χ2n) is 3.11. The summed E-state index contributed by atoms with van der Waals surface area (Å²) >= 11 is 3.86. The van der Waals surface area contributed by atoms with Crippen LogP contribution in [0.3, 0.4) is 0 Å². The summed E-state index contributed by atoms with van der Waals surface area (Å²) in [4.78, 5) is 9.79. The Morgan fingerprint density at radius 2 is 1.85 bits per heavy atom. The Balaban J connectivity index is 3.09. The molecule has 0 aliphatic rings.